The summed E-state index contributed by atoms with van der Waals surface area (Å²) in [7, 11) is 1.47. The molecule has 1 aromatic carbocycles. The lowest BCUT2D eigenvalue weighted by Gasteiger charge is -2.36. The topological polar surface area (TPSA) is 60.2 Å². The largest absolute Gasteiger partial charge is 0.468 e. The van der Waals surface area contributed by atoms with E-state index in [9.17, 15) is 4.79 Å². The molecule has 1 aliphatic rings. The number of ether oxygens (including phenoxy) is 1. The standard InChI is InChI=1S/C18H24N4O2/c1-13-6-7-21(17(8-13)18(23)24-3)10-15-4-5-16(14(2)9-15)22-12-19-11-20-22/h4-5,9,11-13,17H,6-8,10H2,1-3H3/t13-,17+/m1/s1. The molecule has 0 saturated carbocycles. The van der Waals surface area contributed by atoms with E-state index in [1.165, 1.54) is 19.0 Å². The van der Waals surface area contributed by atoms with Gasteiger partial charge in [-0.05, 0) is 49.4 Å². The summed E-state index contributed by atoms with van der Waals surface area (Å²) < 4.78 is 6.76. The molecule has 1 aliphatic heterocycles. The van der Waals surface area contributed by atoms with E-state index in [0.717, 1.165) is 37.2 Å². The fraction of sp³-hybridized carbons (Fsp3) is 0.500. The highest BCUT2D eigenvalue weighted by atomic mass is 16.5. The number of aromatic nitrogens is 3. The van der Waals surface area contributed by atoms with Gasteiger partial charge in [0.25, 0.3) is 0 Å². The van der Waals surface area contributed by atoms with Crippen LogP contribution in [0, 0.1) is 12.8 Å². The van der Waals surface area contributed by atoms with Crippen molar-refractivity contribution in [2.75, 3.05) is 13.7 Å². The Balaban J connectivity index is 1.77. The minimum Gasteiger partial charge on any atom is -0.468 e. The van der Waals surface area contributed by atoms with Crippen molar-refractivity contribution in [3.63, 3.8) is 0 Å². The van der Waals surface area contributed by atoms with Gasteiger partial charge >= 0.3 is 5.97 Å². The zero-order valence-electron chi connectivity index (χ0n) is 14.5. The number of likely N-dealkylation sites (tertiary alicyclic amines) is 1. The molecule has 2 aromatic rings. The van der Waals surface area contributed by atoms with Crippen LogP contribution in [-0.2, 0) is 16.1 Å². The molecule has 0 unspecified atom stereocenters. The number of carbonyl (C=O) groups is 1. The number of hydrogen-bond acceptors (Lipinski definition) is 5. The van der Waals surface area contributed by atoms with E-state index in [0.29, 0.717) is 5.92 Å². The molecule has 24 heavy (non-hydrogen) atoms. The first-order valence-electron chi connectivity index (χ1n) is 8.35. The van der Waals surface area contributed by atoms with Gasteiger partial charge in [-0.2, -0.15) is 5.10 Å². The molecule has 2 heterocycles. The molecule has 6 heteroatoms. The fourth-order valence-corrected chi connectivity index (χ4v) is 3.40. The minimum atomic E-state index is -0.144. The fourth-order valence-electron chi connectivity index (χ4n) is 3.40. The van der Waals surface area contributed by atoms with Crippen molar-refractivity contribution in [2.24, 2.45) is 5.92 Å². The number of benzene rings is 1. The van der Waals surface area contributed by atoms with Gasteiger partial charge in [-0.1, -0.05) is 19.1 Å². The van der Waals surface area contributed by atoms with Crippen LogP contribution in [0.1, 0.15) is 30.9 Å². The Bertz CT molecular complexity index is 699. The lowest BCUT2D eigenvalue weighted by atomic mass is 9.92. The summed E-state index contributed by atoms with van der Waals surface area (Å²) in [5.74, 6) is 0.430. The zero-order valence-corrected chi connectivity index (χ0v) is 14.5. The maximum Gasteiger partial charge on any atom is 0.323 e. The van der Waals surface area contributed by atoms with Gasteiger partial charge in [0.1, 0.15) is 18.7 Å². The number of piperidine rings is 1. The number of nitrogens with zero attached hydrogens (tertiary/aromatic N) is 4. The maximum absolute atomic E-state index is 12.1. The minimum absolute atomic E-state index is 0.127. The molecular weight excluding hydrogens is 304 g/mol. The molecule has 1 aromatic heterocycles. The normalized spacial score (nSPS) is 21.6. The van der Waals surface area contributed by atoms with E-state index in [2.05, 4.69) is 47.0 Å². The van der Waals surface area contributed by atoms with Gasteiger partial charge in [-0.25, -0.2) is 9.67 Å². The van der Waals surface area contributed by atoms with E-state index in [1.807, 2.05) is 0 Å². The van der Waals surface area contributed by atoms with Gasteiger partial charge in [-0.15, -0.1) is 0 Å². The summed E-state index contributed by atoms with van der Waals surface area (Å²) in [4.78, 5) is 18.3. The van der Waals surface area contributed by atoms with Crippen LogP contribution in [0.4, 0.5) is 0 Å². The third-order valence-corrected chi connectivity index (χ3v) is 4.76. The Hall–Kier alpha value is -2.21. The van der Waals surface area contributed by atoms with Crippen LogP contribution in [0.2, 0.25) is 0 Å². The van der Waals surface area contributed by atoms with Crippen molar-refractivity contribution < 1.29 is 9.53 Å². The number of methoxy groups -OCH3 is 1. The van der Waals surface area contributed by atoms with Gasteiger partial charge in [0.2, 0.25) is 0 Å². The van der Waals surface area contributed by atoms with Crippen LogP contribution in [0.5, 0.6) is 0 Å². The number of hydrogen-bond donors (Lipinski definition) is 0. The second kappa shape index (κ2) is 7.13. The van der Waals surface area contributed by atoms with Crippen molar-refractivity contribution in [1.82, 2.24) is 19.7 Å². The molecule has 3 rings (SSSR count). The predicted molar refractivity (Wildman–Crippen MR) is 90.7 cm³/mol. The van der Waals surface area contributed by atoms with Crippen LogP contribution in [0.15, 0.2) is 30.9 Å². The summed E-state index contributed by atoms with van der Waals surface area (Å²) in [6.45, 7) is 5.94. The highest BCUT2D eigenvalue weighted by Gasteiger charge is 2.32. The third kappa shape index (κ3) is 3.48. The molecule has 0 bridgehead atoms. The average Bonchev–Trinajstić information content (AvgIpc) is 3.10. The Labute approximate surface area is 142 Å². The highest BCUT2D eigenvalue weighted by Crippen LogP contribution is 2.26. The van der Waals surface area contributed by atoms with E-state index in [1.54, 1.807) is 11.0 Å². The predicted octanol–water partition coefficient (Wildman–Crippen LogP) is 2.35. The highest BCUT2D eigenvalue weighted by molar-refractivity contribution is 5.75. The Kier molecular flexibility index (Phi) is 4.94. The monoisotopic (exact) mass is 328 g/mol. The van der Waals surface area contributed by atoms with Crippen LogP contribution in [0.25, 0.3) is 5.69 Å². The van der Waals surface area contributed by atoms with Crippen LogP contribution >= 0.6 is 0 Å². The molecular formula is C18H24N4O2. The Morgan fingerprint density at radius 1 is 1.42 bits per heavy atom. The molecule has 0 aliphatic carbocycles. The van der Waals surface area contributed by atoms with Crippen LogP contribution in [0.3, 0.4) is 0 Å². The summed E-state index contributed by atoms with van der Waals surface area (Å²) in [5.41, 5.74) is 3.35. The van der Waals surface area contributed by atoms with Gasteiger partial charge < -0.3 is 4.74 Å². The third-order valence-electron chi connectivity index (χ3n) is 4.76. The van der Waals surface area contributed by atoms with Crippen molar-refractivity contribution in [3.05, 3.63) is 42.0 Å². The van der Waals surface area contributed by atoms with E-state index in [4.69, 9.17) is 4.74 Å². The molecule has 0 spiro atoms. The first-order valence-corrected chi connectivity index (χ1v) is 8.35. The quantitative estimate of drug-likeness (QED) is 0.806. The van der Waals surface area contributed by atoms with Crippen LogP contribution < -0.4 is 0 Å². The first-order chi connectivity index (χ1) is 11.6. The number of carbonyl (C=O) groups excluding carboxylic acids is 1. The van der Waals surface area contributed by atoms with Crippen molar-refractivity contribution in [2.45, 2.75) is 39.3 Å². The molecule has 128 valence electrons. The molecule has 0 N–H and O–H groups in total. The number of aryl methyl sites for hydroxylation is 1. The van der Waals surface area contributed by atoms with E-state index < -0.39 is 0 Å². The summed E-state index contributed by atoms with van der Waals surface area (Å²) >= 11 is 0. The molecule has 0 amide bonds. The zero-order chi connectivity index (χ0) is 17.1. The number of rotatable bonds is 4. The van der Waals surface area contributed by atoms with Gasteiger partial charge in [-0.3, -0.25) is 9.69 Å². The number of esters is 1. The summed E-state index contributed by atoms with van der Waals surface area (Å²) in [5, 5.41) is 4.18. The lowest BCUT2D eigenvalue weighted by Crippen LogP contribution is -2.46. The molecule has 6 nitrogen and oxygen atoms in total. The van der Waals surface area contributed by atoms with Crippen LogP contribution in [-0.4, -0.2) is 45.3 Å². The smallest absolute Gasteiger partial charge is 0.323 e. The second-order valence-electron chi connectivity index (χ2n) is 6.60. The van der Waals surface area contributed by atoms with Crippen molar-refractivity contribution in [3.8, 4) is 5.69 Å². The van der Waals surface area contributed by atoms with E-state index in [-0.39, 0.29) is 12.0 Å². The van der Waals surface area contributed by atoms with Crippen molar-refractivity contribution >= 4 is 5.97 Å². The van der Waals surface area contributed by atoms with E-state index >= 15 is 0 Å². The molecule has 1 saturated heterocycles. The Morgan fingerprint density at radius 2 is 2.25 bits per heavy atom. The molecule has 2 atom stereocenters. The molecule has 1 fully saturated rings. The molecule has 0 radical (unpaired) electrons. The Morgan fingerprint density at radius 3 is 2.92 bits per heavy atom. The average molecular weight is 328 g/mol. The summed E-state index contributed by atoms with van der Waals surface area (Å²) in [6.07, 6.45) is 5.21. The van der Waals surface area contributed by atoms with Gasteiger partial charge in [0.15, 0.2) is 0 Å². The lowest BCUT2D eigenvalue weighted by molar-refractivity contribution is -0.149. The summed E-state index contributed by atoms with van der Waals surface area (Å²) in [6, 6.07) is 6.16. The first kappa shape index (κ1) is 16.6. The van der Waals surface area contributed by atoms with Crippen molar-refractivity contribution in [1.29, 1.82) is 0 Å². The second-order valence-corrected chi connectivity index (χ2v) is 6.60. The maximum atomic E-state index is 12.1. The van der Waals surface area contributed by atoms with Gasteiger partial charge in [0, 0.05) is 6.54 Å². The SMILES string of the molecule is COC(=O)[C@@H]1C[C@H](C)CCN1Cc1ccc(-n2cncn2)c(C)c1. The van der Waals surface area contributed by atoms with Gasteiger partial charge in [0.05, 0.1) is 12.8 Å².